The van der Waals surface area contributed by atoms with E-state index in [9.17, 15) is 10.0 Å². The molecule has 0 bridgehead atoms. The maximum Gasteiger partial charge on any atom is 0.492 e. The number of benzene rings is 4. The molecule has 0 radical (unpaired) electrons. The van der Waals surface area contributed by atoms with Gasteiger partial charge >= 0.3 is 7.12 Å². The Morgan fingerprint density at radius 3 is 1.50 bits per heavy atom. The van der Waals surface area contributed by atoms with Gasteiger partial charge in [0.25, 0.3) is 0 Å². The van der Waals surface area contributed by atoms with Crippen molar-refractivity contribution in [3.05, 3.63) is 138 Å². The molecule has 6 heteroatoms. The Morgan fingerprint density at radius 2 is 1.11 bits per heavy atom. The monoisotopic (exact) mass is 473 g/mol. The van der Waals surface area contributed by atoms with Crippen LogP contribution in [-0.2, 0) is 5.54 Å². The van der Waals surface area contributed by atoms with E-state index in [0.29, 0.717) is 11.2 Å². The number of hydrogen-bond donors (Lipinski definition) is 2. The normalized spacial score (nSPS) is 11.3. The van der Waals surface area contributed by atoms with E-state index in [1.807, 2.05) is 103 Å². The van der Waals surface area contributed by atoms with Crippen molar-refractivity contribution in [2.24, 2.45) is 0 Å². The Kier molecular flexibility index (Phi) is 6.46. The van der Waals surface area contributed by atoms with Crippen LogP contribution in [0, 0.1) is 0 Å². The van der Waals surface area contributed by atoms with Gasteiger partial charge < -0.3 is 14.9 Å². The second-order valence-corrected chi connectivity index (χ2v) is 9.00. The van der Waals surface area contributed by atoms with E-state index < -0.39 is 12.7 Å². The average Bonchev–Trinajstić information content (AvgIpc) is 3.37. The molecule has 5 rings (SSSR count). The molecule has 5 aromatic rings. The zero-order valence-electron chi connectivity index (χ0n) is 20.4. The van der Waals surface area contributed by atoms with Gasteiger partial charge in [0.05, 0.1) is 5.69 Å². The van der Waals surface area contributed by atoms with Gasteiger partial charge in [-0.05, 0) is 28.8 Å². The van der Waals surface area contributed by atoms with Crippen LogP contribution >= 0.6 is 0 Å². The second-order valence-electron chi connectivity index (χ2n) is 9.00. The highest BCUT2D eigenvalue weighted by Crippen LogP contribution is 2.40. The Bertz CT molecular complexity index is 1320. The maximum atomic E-state index is 10.4. The lowest BCUT2D eigenvalue weighted by molar-refractivity contribution is 0.425. The topological polar surface area (TPSA) is 61.5 Å². The third kappa shape index (κ3) is 4.11. The van der Waals surface area contributed by atoms with E-state index in [1.165, 1.54) is 0 Å². The van der Waals surface area contributed by atoms with E-state index in [-0.39, 0.29) is 0 Å². The van der Waals surface area contributed by atoms with E-state index in [0.717, 1.165) is 27.9 Å². The van der Waals surface area contributed by atoms with Crippen molar-refractivity contribution in [2.75, 3.05) is 19.0 Å². The molecule has 0 fully saturated rings. The minimum Gasteiger partial charge on any atom is -0.423 e. The van der Waals surface area contributed by atoms with Crippen molar-refractivity contribution in [3.8, 4) is 11.3 Å². The molecule has 4 aromatic carbocycles. The fourth-order valence-electron chi connectivity index (χ4n) is 4.82. The first-order chi connectivity index (χ1) is 17.5. The number of anilines is 1. The van der Waals surface area contributed by atoms with Crippen LogP contribution in [0.4, 0.5) is 5.69 Å². The molecular weight excluding hydrogens is 445 g/mol. The van der Waals surface area contributed by atoms with Crippen molar-refractivity contribution in [3.63, 3.8) is 0 Å². The van der Waals surface area contributed by atoms with Crippen LogP contribution in [0.2, 0.25) is 0 Å². The molecule has 0 aliphatic heterocycles. The summed E-state index contributed by atoms with van der Waals surface area (Å²) >= 11 is 0. The van der Waals surface area contributed by atoms with Gasteiger partial charge in [0.1, 0.15) is 5.54 Å². The molecule has 0 atom stereocenters. The molecule has 0 aliphatic carbocycles. The molecule has 0 aliphatic rings. The molecule has 1 heterocycles. The Labute approximate surface area is 212 Å². The van der Waals surface area contributed by atoms with Gasteiger partial charge in [0.15, 0.2) is 0 Å². The van der Waals surface area contributed by atoms with Gasteiger partial charge in [-0.2, -0.15) is 5.10 Å². The van der Waals surface area contributed by atoms with E-state index >= 15 is 0 Å². The highest BCUT2D eigenvalue weighted by Gasteiger charge is 2.40. The average molecular weight is 473 g/mol. The summed E-state index contributed by atoms with van der Waals surface area (Å²) in [5, 5.41) is 25.8. The van der Waals surface area contributed by atoms with Crippen LogP contribution in [0.5, 0.6) is 0 Å². The molecule has 0 unspecified atom stereocenters. The van der Waals surface area contributed by atoms with Gasteiger partial charge in [-0.15, -0.1) is 0 Å². The molecule has 178 valence electrons. The Balaban J connectivity index is 1.82. The molecule has 0 saturated carbocycles. The molecule has 0 spiro atoms. The summed E-state index contributed by atoms with van der Waals surface area (Å²) in [5.74, 6) is 0. The van der Waals surface area contributed by atoms with E-state index in [4.69, 9.17) is 5.10 Å². The van der Waals surface area contributed by atoms with Crippen LogP contribution in [0.3, 0.4) is 0 Å². The first-order valence-corrected chi connectivity index (χ1v) is 11.9. The van der Waals surface area contributed by atoms with E-state index in [1.54, 1.807) is 6.20 Å². The summed E-state index contributed by atoms with van der Waals surface area (Å²) in [6.07, 6.45) is 1.76. The van der Waals surface area contributed by atoms with Crippen molar-refractivity contribution in [1.29, 1.82) is 0 Å². The third-order valence-electron chi connectivity index (χ3n) is 6.60. The van der Waals surface area contributed by atoms with Gasteiger partial charge in [-0.1, -0.05) is 103 Å². The summed E-state index contributed by atoms with van der Waals surface area (Å²) in [7, 11) is 2.29. The maximum absolute atomic E-state index is 10.4. The lowest BCUT2D eigenvalue weighted by Crippen LogP contribution is -2.39. The minimum absolute atomic E-state index is 0.347. The van der Waals surface area contributed by atoms with Crippen LogP contribution in [0.15, 0.2) is 121 Å². The zero-order valence-corrected chi connectivity index (χ0v) is 20.4. The van der Waals surface area contributed by atoms with Crippen LogP contribution in [0.25, 0.3) is 11.3 Å². The predicted octanol–water partition coefficient (Wildman–Crippen LogP) is 4.14. The van der Waals surface area contributed by atoms with Gasteiger partial charge in [0, 0.05) is 37.0 Å². The quantitative estimate of drug-likeness (QED) is 0.276. The standard InChI is InChI=1S/C30H28BN3O2/c1-33(2)27-20-18-23(19-21-27)29-28(31(35)36)22-34(32-29)30(24-12-6-3-7-13-24,25-14-8-4-9-15-25)26-16-10-5-11-17-26/h3-22,35-36H,1-2H3. The van der Waals surface area contributed by atoms with Gasteiger partial charge in [-0.3, -0.25) is 4.68 Å². The van der Waals surface area contributed by atoms with Crippen LogP contribution in [-0.4, -0.2) is 41.0 Å². The first-order valence-electron chi connectivity index (χ1n) is 11.9. The molecule has 0 saturated heterocycles. The van der Waals surface area contributed by atoms with Crippen LogP contribution < -0.4 is 10.4 Å². The molecule has 2 N–H and O–H groups in total. The van der Waals surface area contributed by atoms with Gasteiger partial charge in [-0.25, -0.2) is 0 Å². The Hall–Kier alpha value is -4.13. The minimum atomic E-state index is -1.68. The lowest BCUT2D eigenvalue weighted by atomic mass is 9.76. The van der Waals surface area contributed by atoms with E-state index in [2.05, 4.69) is 36.4 Å². The fourth-order valence-corrected chi connectivity index (χ4v) is 4.82. The number of aromatic nitrogens is 2. The van der Waals surface area contributed by atoms with Crippen LogP contribution in [0.1, 0.15) is 16.7 Å². The summed E-state index contributed by atoms with van der Waals surface area (Å²) in [4.78, 5) is 2.02. The molecule has 36 heavy (non-hydrogen) atoms. The SMILES string of the molecule is CN(C)c1ccc(-c2nn(C(c3ccccc3)(c3ccccc3)c3ccccc3)cc2B(O)O)cc1. The fraction of sp³-hybridized carbons (Fsp3) is 0.100. The molecule has 1 aromatic heterocycles. The summed E-state index contributed by atoms with van der Waals surface area (Å²) in [5.41, 5.74) is 4.94. The molecular formula is C30H28BN3O2. The number of hydrogen-bond acceptors (Lipinski definition) is 4. The van der Waals surface area contributed by atoms with Crippen molar-refractivity contribution >= 4 is 18.3 Å². The van der Waals surface area contributed by atoms with Gasteiger partial charge in [0.2, 0.25) is 0 Å². The van der Waals surface area contributed by atoms with Crippen molar-refractivity contribution in [2.45, 2.75) is 5.54 Å². The summed E-state index contributed by atoms with van der Waals surface area (Å²) in [6, 6.07) is 38.5. The second kappa shape index (κ2) is 9.86. The lowest BCUT2D eigenvalue weighted by Gasteiger charge is -2.36. The van der Waals surface area contributed by atoms with Crippen molar-refractivity contribution in [1.82, 2.24) is 9.78 Å². The Morgan fingerprint density at radius 1 is 0.667 bits per heavy atom. The zero-order chi connectivity index (χ0) is 25.1. The smallest absolute Gasteiger partial charge is 0.423 e. The van der Waals surface area contributed by atoms with Crippen molar-refractivity contribution < 1.29 is 10.0 Å². The molecule has 0 amide bonds. The highest BCUT2D eigenvalue weighted by atomic mass is 16.4. The largest absolute Gasteiger partial charge is 0.492 e. The number of rotatable bonds is 7. The first kappa shape index (κ1) is 23.6. The molecule has 5 nitrogen and oxygen atoms in total. The highest BCUT2D eigenvalue weighted by molar-refractivity contribution is 6.60. The summed E-state index contributed by atoms with van der Waals surface area (Å²) < 4.78 is 1.87. The summed E-state index contributed by atoms with van der Waals surface area (Å²) in [6.45, 7) is 0. The number of nitrogens with zero attached hydrogens (tertiary/aromatic N) is 3. The predicted molar refractivity (Wildman–Crippen MR) is 146 cm³/mol. The third-order valence-corrected chi connectivity index (χ3v) is 6.60.